The predicted octanol–water partition coefficient (Wildman–Crippen LogP) is 4.69. The van der Waals surface area contributed by atoms with E-state index in [-0.39, 0.29) is 75.3 Å². The number of carbonyl (C=O) groups is 2. The minimum Gasteiger partial charge on any atom is -0.489 e. The summed E-state index contributed by atoms with van der Waals surface area (Å²) in [6.07, 6.45) is 8.52. The largest absolute Gasteiger partial charge is 0.489 e. The van der Waals surface area contributed by atoms with Crippen molar-refractivity contribution in [2.24, 2.45) is 0 Å². The van der Waals surface area contributed by atoms with Gasteiger partial charge in [0.15, 0.2) is 17.0 Å². The molecule has 4 aromatic rings. The zero-order valence-corrected chi connectivity index (χ0v) is 32.4. The van der Waals surface area contributed by atoms with Gasteiger partial charge >= 0.3 is 6.09 Å². The molecule has 300 valence electrons. The number of amides is 2. The van der Waals surface area contributed by atoms with Crippen LogP contribution in [0.25, 0.3) is 10.9 Å². The van der Waals surface area contributed by atoms with Crippen LogP contribution in [0.1, 0.15) is 54.2 Å². The van der Waals surface area contributed by atoms with Crippen molar-refractivity contribution in [3.63, 3.8) is 0 Å². The van der Waals surface area contributed by atoms with Gasteiger partial charge in [0.1, 0.15) is 13.2 Å². The number of fused-ring (bicyclic) bond motifs is 1. The van der Waals surface area contributed by atoms with Gasteiger partial charge in [0.25, 0.3) is 0 Å². The van der Waals surface area contributed by atoms with Crippen LogP contribution >= 0.6 is 0 Å². The van der Waals surface area contributed by atoms with Gasteiger partial charge in [-0.2, -0.15) is 0 Å². The summed E-state index contributed by atoms with van der Waals surface area (Å²) in [5.74, 6) is -0.895. The van der Waals surface area contributed by atoms with Crippen molar-refractivity contribution in [3.05, 3.63) is 93.5 Å². The highest BCUT2D eigenvalue weighted by molar-refractivity contribution is 5.82. The van der Waals surface area contributed by atoms with Crippen LogP contribution in [0.15, 0.2) is 59.8 Å². The molecule has 2 N–H and O–H groups in total. The Bertz CT molecular complexity index is 2020. The number of carboxylic acid groups (broad SMARTS) is 1. The van der Waals surface area contributed by atoms with E-state index in [0.717, 1.165) is 61.4 Å². The molecule has 2 aliphatic rings. The zero-order chi connectivity index (χ0) is 39.6. The molecular weight excluding hydrogens is 721 g/mol. The Morgan fingerprint density at radius 1 is 1.00 bits per heavy atom. The molecule has 6 rings (SSSR count). The summed E-state index contributed by atoms with van der Waals surface area (Å²) in [6.45, 7) is 7.55. The summed E-state index contributed by atoms with van der Waals surface area (Å²) in [7, 11) is 1.61. The van der Waals surface area contributed by atoms with Crippen LogP contribution in [-0.4, -0.2) is 114 Å². The first-order chi connectivity index (χ1) is 27.0. The molecule has 2 amide bonds. The molecule has 1 aromatic carbocycles. The smallest absolute Gasteiger partial charge is 0.404 e. The third kappa shape index (κ3) is 11.0. The number of hydrogen-bond donors (Lipinski definition) is 2. The van der Waals surface area contributed by atoms with Gasteiger partial charge in [-0.15, -0.1) is 0 Å². The van der Waals surface area contributed by atoms with Crippen molar-refractivity contribution in [1.29, 1.82) is 0 Å². The van der Waals surface area contributed by atoms with E-state index < -0.39 is 11.9 Å². The molecule has 2 fully saturated rings. The molecular formula is C41H52FN7O7. The number of pyridine rings is 3. The van der Waals surface area contributed by atoms with Crippen LogP contribution in [0.3, 0.4) is 0 Å². The molecule has 1 aliphatic carbocycles. The number of aromatic nitrogens is 3. The van der Waals surface area contributed by atoms with E-state index >= 15 is 4.39 Å². The standard InChI is InChI=1S/C41H52FN7O7/c1-28-6-7-33(22-45-28)47-13-4-5-34(26-47)48(23-30-10-11-43-29(2)19-30)24-31-25-49(32-8-9-32)37-21-38(36(42)20-35(37)40(31)51)56-16-14-46(3)39(50)27-55-18-17-54-15-12-44-41(52)53/h6-7,10-11,19-22,25,32,34,44H,4-5,8-9,12-18,23-24,26-27H2,1-3H3,(H,52,53)/t34-/m0/s1. The summed E-state index contributed by atoms with van der Waals surface area (Å²) in [5, 5.41) is 11.1. The Kier molecular flexibility index (Phi) is 13.9. The first-order valence-electron chi connectivity index (χ1n) is 19.2. The second-order valence-electron chi connectivity index (χ2n) is 14.6. The fourth-order valence-corrected chi connectivity index (χ4v) is 7.03. The van der Waals surface area contributed by atoms with Gasteiger partial charge in [0.2, 0.25) is 5.91 Å². The Morgan fingerprint density at radius 2 is 1.82 bits per heavy atom. The number of hydrogen-bond acceptors (Lipinski definition) is 10. The van der Waals surface area contributed by atoms with Gasteiger partial charge < -0.3 is 39.0 Å². The van der Waals surface area contributed by atoms with Crippen LogP contribution < -0.4 is 20.4 Å². The number of nitrogens with one attached hydrogen (secondary N) is 1. The number of rotatable bonds is 19. The molecule has 14 nitrogen and oxygen atoms in total. The molecule has 4 heterocycles. The molecule has 0 unspecified atom stereocenters. The summed E-state index contributed by atoms with van der Waals surface area (Å²) in [4.78, 5) is 52.3. The zero-order valence-electron chi connectivity index (χ0n) is 32.4. The average molecular weight is 774 g/mol. The Balaban J connectivity index is 1.13. The first kappa shape index (κ1) is 40.5. The van der Waals surface area contributed by atoms with E-state index in [4.69, 9.17) is 19.3 Å². The highest BCUT2D eigenvalue weighted by atomic mass is 19.1. The number of likely N-dealkylation sites (N-methyl/N-ethyl adjacent to an activating group) is 1. The topological polar surface area (TPSA) is 152 Å². The van der Waals surface area contributed by atoms with Crippen molar-refractivity contribution in [3.8, 4) is 5.75 Å². The summed E-state index contributed by atoms with van der Waals surface area (Å²) in [6, 6.07) is 11.5. The predicted molar refractivity (Wildman–Crippen MR) is 210 cm³/mol. The average Bonchev–Trinajstić information content (AvgIpc) is 4.03. The maximum atomic E-state index is 15.7. The van der Waals surface area contributed by atoms with Crippen LogP contribution in [0.2, 0.25) is 0 Å². The van der Waals surface area contributed by atoms with Gasteiger partial charge in [0, 0.05) is 92.7 Å². The summed E-state index contributed by atoms with van der Waals surface area (Å²) >= 11 is 0. The molecule has 1 saturated heterocycles. The molecule has 0 spiro atoms. The van der Waals surface area contributed by atoms with Gasteiger partial charge in [0.05, 0.1) is 43.8 Å². The highest BCUT2D eigenvalue weighted by Gasteiger charge is 2.30. The van der Waals surface area contributed by atoms with Gasteiger partial charge in [-0.05, 0) is 75.4 Å². The first-order valence-corrected chi connectivity index (χ1v) is 19.2. The van der Waals surface area contributed by atoms with E-state index in [0.29, 0.717) is 29.6 Å². The number of anilines is 1. The normalized spacial score (nSPS) is 15.7. The van der Waals surface area contributed by atoms with Crippen LogP contribution in [0.5, 0.6) is 5.75 Å². The molecule has 0 bridgehead atoms. The lowest BCUT2D eigenvalue weighted by Gasteiger charge is -2.40. The second kappa shape index (κ2) is 19.2. The minimum atomic E-state index is -1.12. The molecule has 3 aromatic heterocycles. The van der Waals surface area contributed by atoms with Crippen molar-refractivity contribution in [2.45, 2.75) is 64.7 Å². The monoisotopic (exact) mass is 773 g/mol. The number of halogens is 1. The number of carbonyl (C=O) groups excluding carboxylic acids is 1. The van der Waals surface area contributed by atoms with Crippen LogP contribution in [0.4, 0.5) is 14.9 Å². The van der Waals surface area contributed by atoms with Crippen LogP contribution in [0, 0.1) is 19.7 Å². The molecule has 1 saturated carbocycles. The van der Waals surface area contributed by atoms with Crippen molar-refractivity contribution in [2.75, 3.05) is 71.2 Å². The minimum absolute atomic E-state index is 0.0215. The summed E-state index contributed by atoms with van der Waals surface area (Å²) < 4.78 is 34.2. The van der Waals surface area contributed by atoms with E-state index in [9.17, 15) is 14.4 Å². The molecule has 1 atom stereocenters. The van der Waals surface area contributed by atoms with Gasteiger partial charge in [-0.3, -0.25) is 24.5 Å². The maximum absolute atomic E-state index is 15.7. The maximum Gasteiger partial charge on any atom is 0.404 e. The fraction of sp³-hybridized carbons (Fsp3) is 0.488. The van der Waals surface area contributed by atoms with E-state index in [1.54, 1.807) is 13.1 Å². The number of benzene rings is 1. The lowest BCUT2D eigenvalue weighted by atomic mass is 10.0. The SMILES string of the molecule is Cc1ccc(N2CCC[C@H](N(Cc3ccnc(C)c3)Cc3cn(C4CC4)c4cc(OCCN(C)C(=O)COCCOCCNC(=O)O)c(F)cc4c3=O)C2)cn1. The third-order valence-electron chi connectivity index (χ3n) is 10.2. The number of nitrogens with zero attached hydrogens (tertiary/aromatic N) is 6. The lowest BCUT2D eigenvalue weighted by molar-refractivity contribution is -0.135. The number of aryl methyl sites for hydroxylation is 2. The highest BCUT2D eigenvalue weighted by Crippen LogP contribution is 2.38. The molecule has 56 heavy (non-hydrogen) atoms. The number of piperidine rings is 1. The Hall–Kier alpha value is -5.12. The molecule has 1 aliphatic heterocycles. The lowest BCUT2D eigenvalue weighted by Crippen LogP contribution is -2.48. The van der Waals surface area contributed by atoms with Gasteiger partial charge in [-0.1, -0.05) is 0 Å². The third-order valence-corrected chi connectivity index (χ3v) is 10.2. The fourth-order valence-electron chi connectivity index (χ4n) is 7.03. The van der Waals surface area contributed by atoms with Crippen LogP contribution in [-0.2, 0) is 27.4 Å². The van der Waals surface area contributed by atoms with Crippen molar-refractivity contribution in [1.82, 2.24) is 29.7 Å². The quantitative estimate of drug-likeness (QED) is 0.128. The molecule has 15 heteroatoms. The van der Waals surface area contributed by atoms with E-state index in [2.05, 4.69) is 41.8 Å². The van der Waals surface area contributed by atoms with Crippen molar-refractivity contribution < 1.29 is 33.3 Å². The molecule has 0 radical (unpaired) electrons. The van der Waals surface area contributed by atoms with Gasteiger partial charge in [-0.25, -0.2) is 9.18 Å². The van der Waals surface area contributed by atoms with E-state index in [1.807, 2.05) is 44.6 Å². The van der Waals surface area contributed by atoms with E-state index in [1.165, 1.54) is 11.0 Å². The second-order valence-corrected chi connectivity index (χ2v) is 14.6. The Labute approximate surface area is 326 Å². The summed E-state index contributed by atoms with van der Waals surface area (Å²) in [5.41, 5.74) is 5.18. The number of ether oxygens (including phenoxy) is 3. The Morgan fingerprint density at radius 3 is 2.57 bits per heavy atom. The van der Waals surface area contributed by atoms with Crippen molar-refractivity contribution >= 4 is 28.6 Å².